The summed E-state index contributed by atoms with van der Waals surface area (Å²) in [5, 5.41) is 0.630. The summed E-state index contributed by atoms with van der Waals surface area (Å²) in [5.74, 6) is 0.405. The SMILES string of the molecule is COc1ccc(Cl)cc1CCC(N)=O. The first-order chi connectivity index (χ1) is 6.63. The third-order valence-electron chi connectivity index (χ3n) is 1.88. The second kappa shape index (κ2) is 4.86. The number of carbonyl (C=O) groups excluding carboxylic acids is 1. The summed E-state index contributed by atoms with van der Waals surface area (Å²) < 4.78 is 5.12. The van der Waals surface area contributed by atoms with Crippen molar-refractivity contribution >= 4 is 17.5 Å². The van der Waals surface area contributed by atoms with Crippen molar-refractivity contribution in [2.75, 3.05) is 7.11 Å². The quantitative estimate of drug-likeness (QED) is 0.829. The number of aryl methyl sites for hydroxylation is 1. The number of hydrogen-bond donors (Lipinski definition) is 1. The lowest BCUT2D eigenvalue weighted by atomic mass is 10.1. The second-order valence-electron chi connectivity index (χ2n) is 2.92. The van der Waals surface area contributed by atoms with Gasteiger partial charge in [0.15, 0.2) is 0 Å². The van der Waals surface area contributed by atoms with Crippen LogP contribution in [0.3, 0.4) is 0 Å². The molecule has 0 fully saturated rings. The van der Waals surface area contributed by atoms with Crippen LogP contribution >= 0.6 is 11.6 Å². The van der Waals surface area contributed by atoms with Crippen LogP contribution in [0.1, 0.15) is 12.0 Å². The van der Waals surface area contributed by atoms with Gasteiger partial charge >= 0.3 is 0 Å². The van der Waals surface area contributed by atoms with E-state index in [1.807, 2.05) is 0 Å². The molecular formula is C10H12ClNO2. The van der Waals surface area contributed by atoms with Gasteiger partial charge in [-0.3, -0.25) is 4.79 Å². The Morgan fingerprint density at radius 3 is 2.86 bits per heavy atom. The number of ether oxygens (including phenoxy) is 1. The van der Waals surface area contributed by atoms with Crippen molar-refractivity contribution < 1.29 is 9.53 Å². The maximum Gasteiger partial charge on any atom is 0.217 e. The molecule has 1 aromatic carbocycles. The zero-order chi connectivity index (χ0) is 10.6. The highest BCUT2D eigenvalue weighted by atomic mass is 35.5. The average molecular weight is 214 g/mol. The number of halogens is 1. The maximum absolute atomic E-state index is 10.6. The highest BCUT2D eigenvalue weighted by Crippen LogP contribution is 2.23. The lowest BCUT2D eigenvalue weighted by molar-refractivity contribution is -0.117. The maximum atomic E-state index is 10.6. The van der Waals surface area contributed by atoms with Crippen molar-refractivity contribution in [1.29, 1.82) is 0 Å². The van der Waals surface area contributed by atoms with E-state index >= 15 is 0 Å². The van der Waals surface area contributed by atoms with E-state index in [1.54, 1.807) is 25.3 Å². The number of nitrogens with two attached hydrogens (primary N) is 1. The summed E-state index contributed by atoms with van der Waals surface area (Å²) >= 11 is 5.82. The molecule has 3 nitrogen and oxygen atoms in total. The summed E-state index contributed by atoms with van der Waals surface area (Å²) in [6.45, 7) is 0. The molecular weight excluding hydrogens is 202 g/mol. The number of primary amides is 1. The predicted octanol–water partition coefficient (Wildman–Crippen LogP) is 1.77. The van der Waals surface area contributed by atoms with Crippen molar-refractivity contribution in [2.45, 2.75) is 12.8 Å². The normalized spacial score (nSPS) is 9.86. The molecule has 2 N–H and O–H groups in total. The molecule has 1 amide bonds. The lowest BCUT2D eigenvalue weighted by Gasteiger charge is -2.07. The first-order valence-electron chi connectivity index (χ1n) is 4.24. The third kappa shape index (κ3) is 2.92. The van der Waals surface area contributed by atoms with Crippen molar-refractivity contribution in [3.63, 3.8) is 0 Å². The van der Waals surface area contributed by atoms with Crippen LogP contribution in [0.25, 0.3) is 0 Å². The van der Waals surface area contributed by atoms with E-state index in [2.05, 4.69) is 0 Å². The molecule has 1 rings (SSSR count). The minimum Gasteiger partial charge on any atom is -0.496 e. The highest BCUT2D eigenvalue weighted by molar-refractivity contribution is 6.30. The van der Waals surface area contributed by atoms with Crippen LogP contribution in [0.15, 0.2) is 18.2 Å². The van der Waals surface area contributed by atoms with E-state index in [9.17, 15) is 4.79 Å². The Kier molecular flexibility index (Phi) is 3.77. The fraction of sp³-hybridized carbons (Fsp3) is 0.300. The van der Waals surface area contributed by atoms with E-state index in [1.165, 1.54) is 0 Å². The minimum absolute atomic E-state index is 0.302. The molecule has 0 heterocycles. The van der Waals surface area contributed by atoms with Gasteiger partial charge in [0.1, 0.15) is 5.75 Å². The van der Waals surface area contributed by atoms with Crippen LogP contribution in [-0.2, 0) is 11.2 Å². The van der Waals surface area contributed by atoms with E-state index in [0.717, 1.165) is 11.3 Å². The van der Waals surface area contributed by atoms with Gasteiger partial charge in [0.05, 0.1) is 7.11 Å². The van der Waals surface area contributed by atoms with E-state index in [-0.39, 0.29) is 5.91 Å². The van der Waals surface area contributed by atoms with Crippen LogP contribution in [0.4, 0.5) is 0 Å². The highest BCUT2D eigenvalue weighted by Gasteiger charge is 2.05. The van der Waals surface area contributed by atoms with Gasteiger partial charge in [-0.1, -0.05) is 11.6 Å². The van der Waals surface area contributed by atoms with Crippen LogP contribution < -0.4 is 10.5 Å². The largest absolute Gasteiger partial charge is 0.496 e. The van der Waals surface area contributed by atoms with Crippen LogP contribution in [-0.4, -0.2) is 13.0 Å². The number of carbonyl (C=O) groups is 1. The van der Waals surface area contributed by atoms with Gasteiger partial charge in [0, 0.05) is 11.4 Å². The number of rotatable bonds is 4. The number of hydrogen-bond acceptors (Lipinski definition) is 2. The molecule has 0 radical (unpaired) electrons. The first-order valence-corrected chi connectivity index (χ1v) is 4.62. The molecule has 0 atom stereocenters. The van der Waals surface area contributed by atoms with Crippen LogP contribution in [0.5, 0.6) is 5.75 Å². The summed E-state index contributed by atoms with van der Waals surface area (Å²) in [6.07, 6.45) is 0.857. The molecule has 14 heavy (non-hydrogen) atoms. The second-order valence-corrected chi connectivity index (χ2v) is 3.36. The zero-order valence-electron chi connectivity index (χ0n) is 7.92. The molecule has 0 bridgehead atoms. The van der Waals surface area contributed by atoms with Gasteiger partial charge in [-0.2, -0.15) is 0 Å². The summed E-state index contributed by atoms with van der Waals surface area (Å²) in [6, 6.07) is 5.30. The molecule has 0 aliphatic heterocycles. The van der Waals surface area contributed by atoms with E-state index in [4.69, 9.17) is 22.1 Å². The van der Waals surface area contributed by atoms with Gasteiger partial charge in [-0.15, -0.1) is 0 Å². The molecule has 1 aromatic rings. The summed E-state index contributed by atoms with van der Waals surface area (Å²) in [5.41, 5.74) is 5.96. The van der Waals surface area contributed by atoms with Crippen molar-refractivity contribution in [3.05, 3.63) is 28.8 Å². The Balaban J connectivity index is 2.82. The summed E-state index contributed by atoms with van der Waals surface area (Å²) in [4.78, 5) is 10.6. The number of amides is 1. The molecule has 0 aromatic heterocycles. The topological polar surface area (TPSA) is 52.3 Å². The Bertz CT molecular complexity index is 339. The lowest BCUT2D eigenvalue weighted by Crippen LogP contribution is -2.11. The van der Waals surface area contributed by atoms with Crippen LogP contribution in [0.2, 0.25) is 5.02 Å². The van der Waals surface area contributed by atoms with Crippen molar-refractivity contribution in [2.24, 2.45) is 5.73 Å². The number of benzene rings is 1. The Morgan fingerprint density at radius 2 is 2.29 bits per heavy atom. The van der Waals surface area contributed by atoms with Crippen molar-refractivity contribution in [1.82, 2.24) is 0 Å². The van der Waals surface area contributed by atoms with Crippen molar-refractivity contribution in [3.8, 4) is 5.75 Å². The Labute approximate surface area is 87.8 Å². The zero-order valence-corrected chi connectivity index (χ0v) is 8.67. The molecule has 0 saturated carbocycles. The first kappa shape index (κ1) is 10.9. The standard InChI is InChI=1S/C10H12ClNO2/c1-14-9-4-3-8(11)6-7(9)2-5-10(12)13/h3-4,6H,2,5H2,1H3,(H2,12,13). The van der Waals surface area contributed by atoms with Crippen LogP contribution in [0, 0.1) is 0 Å². The fourth-order valence-corrected chi connectivity index (χ4v) is 1.40. The van der Waals surface area contributed by atoms with Gasteiger partial charge in [0.2, 0.25) is 5.91 Å². The summed E-state index contributed by atoms with van der Waals surface area (Å²) in [7, 11) is 1.58. The molecule has 0 aliphatic carbocycles. The van der Waals surface area contributed by atoms with E-state index < -0.39 is 0 Å². The molecule has 4 heteroatoms. The van der Waals surface area contributed by atoms with Gasteiger partial charge in [-0.05, 0) is 30.2 Å². The molecule has 0 saturated heterocycles. The fourth-order valence-electron chi connectivity index (χ4n) is 1.20. The Hall–Kier alpha value is -1.22. The van der Waals surface area contributed by atoms with Gasteiger partial charge < -0.3 is 10.5 Å². The predicted molar refractivity (Wildman–Crippen MR) is 55.5 cm³/mol. The minimum atomic E-state index is -0.327. The molecule has 76 valence electrons. The van der Waals surface area contributed by atoms with Gasteiger partial charge in [-0.25, -0.2) is 0 Å². The molecule has 0 unspecified atom stereocenters. The smallest absolute Gasteiger partial charge is 0.217 e. The molecule has 0 aliphatic rings. The van der Waals surface area contributed by atoms with E-state index in [0.29, 0.717) is 17.9 Å². The average Bonchev–Trinajstić information content (AvgIpc) is 2.15. The third-order valence-corrected chi connectivity index (χ3v) is 2.12. The Morgan fingerprint density at radius 1 is 1.57 bits per heavy atom. The van der Waals surface area contributed by atoms with Gasteiger partial charge in [0.25, 0.3) is 0 Å². The monoisotopic (exact) mass is 213 g/mol. The molecule has 0 spiro atoms. The number of methoxy groups -OCH3 is 1.